The normalized spacial score (nSPS) is 14.1. The number of H-pyrrole nitrogens is 1. The lowest BCUT2D eigenvalue weighted by Gasteiger charge is -2.13. The summed E-state index contributed by atoms with van der Waals surface area (Å²) in [5, 5.41) is 13.3. The molecule has 3 heterocycles. The van der Waals surface area contributed by atoms with E-state index in [1.807, 2.05) is 19.1 Å². The summed E-state index contributed by atoms with van der Waals surface area (Å²) in [6.07, 6.45) is 5.16. The van der Waals surface area contributed by atoms with Gasteiger partial charge in [-0.15, -0.1) is 24.8 Å². The van der Waals surface area contributed by atoms with Gasteiger partial charge in [-0.05, 0) is 42.8 Å². The minimum atomic E-state index is -0.279. The van der Waals surface area contributed by atoms with E-state index in [0.717, 1.165) is 16.7 Å². The third-order valence-electron chi connectivity index (χ3n) is 4.16. The summed E-state index contributed by atoms with van der Waals surface area (Å²) in [6, 6.07) is 9.88. The molecule has 0 radical (unpaired) electrons. The summed E-state index contributed by atoms with van der Waals surface area (Å²) in [5.74, 6) is 0.684. The lowest BCUT2D eigenvalue weighted by atomic mass is 10.1. The van der Waals surface area contributed by atoms with Gasteiger partial charge in [-0.2, -0.15) is 4.98 Å². The average molecular weight is 422 g/mol. The molecule has 3 N–H and O–H groups in total. The molecule has 1 aromatic carbocycles. The van der Waals surface area contributed by atoms with Gasteiger partial charge in [-0.3, -0.25) is 0 Å². The van der Waals surface area contributed by atoms with Gasteiger partial charge in [0.1, 0.15) is 11.5 Å². The second-order valence-electron chi connectivity index (χ2n) is 5.97. The van der Waals surface area contributed by atoms with Crippen molar-refractivity contribution in [1.29, 1.82) is 0 Å². The van der Waals surface area contributed by atoms with E-state index in [2.05, 4.69) is 25.3 Å². The highest BCUT2D eigenvalue weighted by molar-refractivity contribution is 6.20. The van der Waals surface area contributed by atoms with Gasteiger partial charge in [0.05, 0.1) is 6.04 Å². The highest BCUT2D eigenvalue weighted by Gasteiger charge is 2.16. The molecule has 3 aromatic rings. The molecule has 0 spiro atoms. The van der Waals surface area contributed by atoms with E-state index in [-0.39, 0.29) is 42.6 Å². The van der Waals surface area contributed by atoms with E-state index < -0.39 is 0 Å². The Balaban J connectivity index is 0.00000140. The first-order valence-electron chi connectivity index (χ1n) is 8.12. The molecular formula is C19H18Cl2FN5O. The Morgan fingerprint density at radius 3 is 2.68 bits per heavy atom. The van der Waals surface area contributed by atoms with Gasteiger partial charge in [-0.25, -0.2) is 14.4 Å². The topological polar surface area (TPSA) is 86.2 Å². The molecule has 0 saturated heterocycles. The molecule has 1 aliphatic rings. The maximum Gasteiger partial charge on any atom is 0.238 e. The maximum absolute atomic E-state index is 13.0. The van der Waals surface area contributed by atoms with Gasteiger partial charge in [0.25, 0.3) is 0 Å². The first-order chi connectivity index (χ1) is 12.6. The first-order valence-corrected chi connectivity index (χ1v) is 8.12. The van der Waals surface area contributed by atoms with E-state index in [1.165, 1.54) is 12.1 Å². The van der Waals surface area contributed by atoms with Crippen LogP contribution in [0, 0.1) is 5.82 Å². The van der Waals surface area contributed by atoms with Gasteiger partial charge in [0.2, 0.25) is 11.8 Å². The van der Waals surface area contributed by atoms with Crippen LogP contribution in [0.1, 0.15) is 29.8 Å². The van der Waals surface area contributed by atoms with E-state index in [9.17, 15) is 9.50 Å². The number of nitrogens with one attached hydrogen (secondary N) is 2. The largest absolute Gasteiger partial charge is 0.492 e. The fourth-order valence-corrected chi connectivity index (χ4v) is 2.78. The van der Waals surface area contributed by atoms with Crippen molar-refractivity contribution in [3.63, 3.8) is 0 Å². The smallest absolute Gasteiger partial charge is 0.238 e. The van der Waals surface area contributed by atoms with Crippen LogP contribution in [0.5, 0.6) is 5.88 Å². The van der Waals surface area contributed by atoms with Crippen molar-refractivity contribution in [2.75, 3.05) is 5.32 Å². The zero-order valence-electron chi connectivity index (χ0n) is 14.8. The number of aromatic amines is 1. The zero-order chi connectivity index (χ0) is 18.1. The number of halogens is 3. The second kappa shape index (κ2) is 8.86. The minimum absolute atomic E-state index is 0. The van der Waals surface area contributed by atoms with Crippen molar-refractivity contribution < 1.29 is 9.50 Å². The van der Waals surface area contributed by atoms with Crippen molar-refractivity contribution >= 4 is 54.4 Å². The predicted molar refractivity (Wildman–Crippen MR) is 113 cm³/mol. The van der Waals surface area contributed by atoms with Gasteiger partial charge in [-0.1, -0.05) is 12.1 Å². The fourth-order valence-electron chi connectivity index (χ4n) is 2.78. The number of aromatic nitrogens is 3. The number of allylic oxidation sites excluding steroid dienone is 1. The van der Waals surface area contributed by atoms with Crippen LogP contribution in [0.25, 0.3) is 11.6 Å². The number of benzene rings is 1. The monoisotopic (exact) mass is 421 g/mol. The fraction of sp³-hybridized carbons (Fsp3) is 0.105. The molecular weight excluding hydrogens is 404 g/mol. The number of anilines is 1. The van der Waals surface area contributed by atoms with Crippen LogP contribution in [0.2, 0.25) is 0 Å². The molecule has 2 aromatic heterocycles. The molecule has 0 saturated carbocycles. The molecule has 28 heavy (non-hydrogen) atoms. The number of aliphatic imine (C=N–C) groups is 1. The minimum Gasteiger partial charge on any atom is -0.492 e. The molecule has 0 fully saturated rings. The molecule has 1 unspecified atom stereocenters. The summed E-state index contributed by atoms with van der Waals surface area (Å²) in [7, 11) is 0. The number of nitrogens with zero attached hydrogens (tertiary/aromatic N) is 3. The molecule has 4 rings (SSSR count). The highest BCUT2D eigenvalue weighted by atomic mass is 35.5. The van der Waals surface area contributed by atoms with Crippen molar-refractivity contribution in [3.05, 3.63) is 65.2 Å². The van der Waals surface area contributed by atoms with E-state index in [1.54, 1.807) is 30.6 Å². The molecule has 1 atom stereocenters. The van der Waals surface area contributed by atoms with Crippen molar-refractivity contribution in [1.82, 2.24) is 15.0 Å². The average Bonchev–Trinajstić information content (AvgIpc) is 3.20. The van der Waals surface area contributed by atoms with E-state index in [0.29, 0.717) is 17.5 Å². The number of hydrogen-bond acceptors (Lipinski definition) is 5. The van der Waals surface area contributed by atoms with Gasteiger partial charge in [0.15, 0.2) is 5.82 Å². The predicted octanol–water partition coefficient (Wildman–Crippen LogP) is 4.92. The number of aromatic hydroxyl groups is 1. The van der Waals surface area contributed by atoms with Crippen molar-refractivity contribution in [2.24, 2.45) is 4.99 Å². The van der Waals surface area contributed by atoms with Crippen LogP contribution in [0.15, 0.2) is 47.6 Å². The highest BCUT2D eigenvalue weighted by Crippen LogP contribution is 2.32. The van der Waals surface area contributed by atoms with Crippen LogP contribution < -0.4 is 5.32 Å². The Hall–Kier alpha value is -2.90. The summed E-state index contributed by atoms with van der Waals surface area (Å²) < 4.78 is 13.0. The lowest BCUT2D eigenvalue weighted by molar-refractivity contribution is 0.455. The van der Waals surface area contributed by atoms with Gasteiger partial charge >= 0.3 is 0 Å². The van der Waals surface area contributed by atoms with Crippen LogP contribution in [0.3, 0.4) is 0 Å². The standard InChI is InChI=1S/C19H16FN5O.2ClH/c1-11(12-4-6-14(20)7-5-12)23-19-24-16(18(26)25-19)9-13-10-22-17-15(13)3-2-8-21-17;;/h2-11,26H,1H3,(H2,23,24,25);2*1H/b13-9+;;. The lowest BCUT2D eigenvalue weighted by Crippen LogP contribution is -2.07. The molecule has 146 valence electrons. The SMILES string of the molecule is CC(Nc1nc(O)c(/C=C2\C=Nc3ncccc32)[nH]1)c1ccc(F)cc1.Cl.Cl. The summed E-state index contributed by atoms with van der Waals surface area (Å²) in [4.78, 5) is 15.6. The molecule has 0 amide bonds. The number of fused-ring (bicyclic) bond motifs is 1. The Morgan fingerprint density at radius 1 is 1.18 bits per heavy atom. The summed E-state index contributed by atoms with van der Waals surface area (Å²) in [6.45, 7) is 1.93. The Bertz CT molecular complexity index is 1020. The molecule has 6 nitrogen and oxygen atoms in total. The van der Waals surface area contributed by atoms with Crippen molar-refractivity contribution in [3.8, 4) is 5.88 Å². The van der Waals surface area contributed by atoms with Crippen LogP contribution in [-0.2, 0) is 0 Å². The molecule has 0 aliphatic carbocycles. The molecule has 0 bridgehead atoms. The Labute approximate surface area is 173 Å². The van der Waals surface area contributed by atoms with Crippen molar-refractivity contribution in [2.45, 2.75) is 13.0 Å². The molecule has 1 aliphatic heterocycles. The summed E-state index contributed by atoms with van der Waals surface area (Å²) >= 11 is 0. The van der Waals surface area contributed by atoms with Crippen LogP contribution in [-0.4, -0.2) is 26.3 Å². The quantitative estimate of drug-likeness (QED) is 0.557. The summed E-state index contributed by atoms with van der Waals surface area (Å²) in [5.41, 5.74) is 3.11. The van der Waals surface area contributed by atoms with E-state index >= 15 is 0 Å². The maximum atomic E-state index is 13.0. The van der Waals surface area contributed by atoms with Crippen LogP contribution >= 0.6 is 24.8 Å². The van der Waals surface area contributed by atoms with Crippen LogP contribution in [0.4, 0.5) is 16.2 Å². The second-order valence-corrected chi connectivity index (χ2v) is 5.97. The number of rotatable bonds is 4. The van der Waals surface area contributed by atoms with Gasteiger partial charge in [0, 0.05) is 23.5 Å². The molecule has 9 heteroatoms. The third-order valence-corrected chi connectivity index (χ3v) is 4.16. The Morgan fingerprint density at radius 2 is 1.93 bits per heavy atom. The first kappa shape index (κ1) is 21.4. The zero-order valence-corrected chi connectivity index (χ0v) is 16.4. The third kappa shape index (κ3) is 4.32. The number of pyridine rings is 1. The van der Waals surface area contributed by atoms with E-state index in [4.69, 9.17) is 0 Å². The Kier molecular flexibility index (Phi) is 6.77. The number of imidazole rings is 1. The number of hydrogen-bond donors (Lipinski definition) is 3. The van der Waals surface area contributed by atoms with Gasteiger partial charge < -0.3 is 15.4 Å².